The summed E-state index contributed by atoms with van der Waals surface area (Å²) in [7, 11) is 0. The third-order valence-electron chi connectivity index (χ3n) is 2.99. The van der Waals surface area contributed by atoms with Gasteiger partial charge in [-0.3, -0.25) is 4.79 Å². The zero-order valence-corrected chi connectivity index (χ0v) is 10.9. The number of phenols is 1. The van der Waals surface area contributed by atoms with Crippen LogP contribution in [0.15, 0.2) is 24.3 Å². The molecule has 17 heavy (non-hydrogen) atoms. The van der Waals surface area contributed by atoms with Gasteiger partial charge in [0.1, 0.15) is 5.75 Å². The number of carbonyl (C=O) groups is 1. The lowest BCUT2D eigenvalue weighted by molar-refractivity contribution is 0.0899. The van der Waals surface area contributed by atoms with Gasteiger partial charge in [-0.15, -0.1) is 11.6 Å². The second kappa shape index (κ2) is 5.92. The topological polar surface area (TPSA) is 49.3 Å². The zero-order chi connectivity index (χ0) is 12.9. The van der Waals surface area contributed by atoms with E-state index in [1.54, 1.807) is 18.2 Å². The molecule has 1 unspecified atom stereocenters. The van der Waals surface area contributed by atoms with Crippen LogP contribution in [0, 0.1) is 0 Å². The lowest BCUT2D eigenvalue weighted by atomic mass is 9.95. The molecule has 0 heterocycles. The first-order valence-corrected chi connectivity index (χ1v) is 6.22. The number of halogens is 1. The van der Waals surface area contributed by atoms with Gasteiger partial charge in [-0.2, -0.15) is 0 Å². The van der Waals surface area contributed by atoms with Gasteiger partial charge in [0.05, 0.1) is 5.56 Å². The van der Waals surface area contributed by atoms with E-state index in [9.17, 15) is 9.90 Å². The third-order valence-corrected chi connectivity index (χ3v) is 3.18. The van der Waals surface area contributed by atoms with Crippen molar-refractivity contribution < 1.29 is 9.90 Å². The highest BCUT2D eigenvalue weighted by Gasteiger charge is 2.24. The molecule has 0 spiro atoms. The highest BCUT2D eigenvalue weighted by atomic mass is 35.5. The van der Waals surface area contributed by atoms with Crippen molar-refractivity contribution in [1.82, 2.24) is 5.32 Å². The van der Waals surface area contributed by atoms with E-state index in [1.165, 1.54) is 6.07 Å². The summed E-state index contributed by atoms with van der Waals surface area (Å²) in [4.78, 5) is 12.0. The van der Waals surface area contributed by atoms with Crippen molar-refractivity contribution in [2.45, 2.75) is 32.2 Å². The van der Waals surface area contributed by atoms with E-state index in [2.05, 4.69) is 5.32 Å². The SMILES string of the molecule is CCC(C)(CCCl)NC(=O)c1ccccc1O. The molecule has 1 aromatic rings. The van der Waals surface area contributed by atoms with Gasteiger partial charge < -0.3 is 10.4 Å². The zero-order valence-electron chi connectivity index (χ0n) is 10.2. The molecule has 4 heteroatoms. The fraction of sp³-hybridized carbons (Fsp3) is 0.462. The first kappa shape index (κ1) is 13.8. The van der Waals surface area contributed by atoms with Crippen LogP contribution in [-0.2, 0) is 0 Å². The van der Waals surface area contributed by atoms with Crippen LogP contribution in [0.3, 0.4) is 0 Å². The highest BCUT2D eigenvalue weighted by Crippen LogP contribution is 2.20. The quantitative estimate of drug-likeness (QED) is 0.795. The number of benzene rings is 1. The van der Waals surface area contributed by atoms with Crippen LogP contribution in [-0.4, -0.2) is 22.4 Å². The fourth-order valence-electron chi connectivity index (χ4n) is 1.54. The molecule has 0 aliphatic heterocycles. The molecule has 0 saturated carbocycles. The number of rotatable bonds is 5. The smallest absolute Gasteiger partial charge is 0.255 e. The standard InChI is InChI=1S/C13H18ClNO2/c1-3-13(2,8-9-14)15-12(17)10-6-4-5-7-11(10)16/h4-7,16H,3,8-9H2,1-2H3,(H,15,17). The second-order valence-corrected chi connectivity index (χ2v) is 4.70. The van der Waals surface area contributed by atoms with Crippen LogP contribution in [0.25, 0.3) is 0 Å². The molecular weight excluding hydrogens is 238 g/mol. The maximum atomic E-state index is 12.0. The van der Waals surface area contributed by atoms with Gasteiger partial charge in [0, 0.05) is 11.4 Å². The fourth-order valence-corrected chi connectivity index (χ4v) is 1.96. The van der Waals surface area contributed by atoms with Crippen LogP contribution in [0.1, 0.15) is 37.0 Å². The minimum absolute atomic E-state index is 0.00525. The highest BCUT2D eigenvalue weighted by molar-refractivity contribution is 6.17. The summed E-state index contributed by atoms with van der Waals surface area (Å²) in [5.74, 6) is 0.220. The number of nitrogens with one attached hydrogen (secondary N) is 1. The molecule has 0 aliphatic rings. The molecule has 94 valence electrons. The predicted octanol–water partition coefficient (Wildman–Crippen LogP) is 2.92. The lowest BCUT2D eigenvalue weighted by Crippen LogP contribution is -2.45. The summed E-state index contributed by atoms with van der Waals surface area (Å²) in [5, 5.41) is 12.5. The van der Waals surface area contributed by atoms with Crippen molar-refractivity contribution in [2.24, 2.45) is 0 Å². The minimum Gasteiger partial charge on any atom is -0.507 e. The maximum absolute atomic E-state index is 12.0. The maximum Gasteiger partial charge on any atom is 0.255 e. The van der Waals surface area contributed by atoms with Gasteiger partial charge in [-0.1, -0.05) is 19.1 Å². The van der Waals surface area contributed by atoms with Crippen LogP contribution in [0.2, 0.25) is 0 Å². The number of hydrogen-bond donors (Lipinski definition) is 2. The van der Waals surface area contributed by atoms with Crippen molar-refractivity contribution >= 4 is 17.5 Å². The second-order valence-electron chi connectivity index (χ2n) is 4.32. The normalized spacial score (nSPS) is 14.1. The van der Waals surface area contributed by atoms with E-state index in [4.69, 9.17) is 11.6 Å². The first-order valence-electron chi connectivity index (χ1n) is 5.69. The average Bonchev–Trinajstić information content (AvgIpc) is 2.29. The lowest BCUT2D eigenvalue weighted by Gasteiger charge is -2.29. The Morgan fingerprint density at radius 1 is 1.47 bits per heavy atom. The minimum atomic E-state index is -0.332. The summed E-state index contributed by atoms with van der Waals surface area (Å²) in [6.07, 6.45) is 1.49. The number of amides is 1. The third kappa shape index (κ3) is 3.63. The molecule has 1 atom stereocenters. The molecule has 0 radical (unpaired) electrons. The molecule has 3 nitrogen and oxygen atoms in total. The Kier molecular flexibility index (Phi) is 4.82. The first-order chi connectivity index (χ1) is 8.02. The summed E-state index contributed by atoms with van der Waals surface area (Å²) in [6.45, 7) is 3.95. The van der Waals surface area contributed by atoms with Gasteiger partial charge >= 0.3 is 0 Å². The van der Waals surface area contributed by atoms with Crippen molar-refractivity contribution in [3.63, 3.8) is 0 Å². The Hall–Kier alpha value is -1.22. The predicted molar refractivity (Wildman–Crippen MR) is 69.6 cm³/mol. The molecule has 0 aliphatic carbocycles. The van der Waals surface area contributed by atoms with Crippen molar-refractivity contribution in [1.29, 1.82) is 0 Å². The summed E-state index contributed by atoms with van der Waals surface area (Å²) in [6, 6.07) is 6.50. The van der Waals surface area contributed by atoms with Crippen LogP contribution < -0.4 is 5.32 Å². The monoisotopic (exact) mass is 255 g/mol. The van der Waals surface area contributed by atoms with Gasteiger partial charge in [0.2, 0.25) is 0 Å². The summed E-state index contributed by atoms with van der Waals surface area (Å²) < 4.78 is 0. The van der Waals surface area contributed by atoms with E-state index in [0.717, 1.165) is 6.42 Å². The van der Waals surface area contributed by atoms with Gasteiger partial charge in [0.15, 0.2) is 0 Å². The average molecular weight is 256 g/mol. The van der Waals surface area contributed by atoms with Gasteiger partial charge in [-0.25, -0.2) is 0 Å². The Labute approximate surface area is 107 Å². The number of phenolic OH excluding ortho intramolecular Hbond substituents is 1. The largest absolute Gasteiger partial charge is 0.507 e. The Morgan fingerprint density at radius 3 is 2.65 bits per heavy atom. The molecular formula is C13H18ClNO2. The van der Waals surface area contributed by atoms with Crippen LogP contribution >= 0.6 is 11.6 Å². The molecule has 1 amide bonds. The van der Waals surface area contributed by atoms with E-state index >= 15 is 0 Å². The van der Waals surface area contributed by atoms with Crippen molar-refractivity contribution in [3.05, 3.63) is 29.8 Å². The summed E-state index contributed by atoms with van der Waals surface area (Å²) in [5.41, 5.74) is -0.0389. The number of hydrogen-bond acceptors (Lipinski definition) is 2. The number of para-hydroxylation sites is 1. The molecule has 0 fully saturated rings. The van der Waals surface area contributed by atoms with Crippen molar-refractivity contribution in [2.75, 3.05) is 5.88 Å². The number of alkyl halides is 1. The van der Waals surface area contributed by atoms with Gasteiger partial charge in [0.25, 0.3) is 5.91 Å². The molecule has 0 aromatic heterocycles. The van der Waals surface area contributed by atoms with E-state index in [-0.39, 0.29) is 17.2 Å². The van der Waals surface area contributed by atoms with E-state index < -0.39 is 0 Å². The Bertz CT molecular complexity index is 395. The molecule has 2 N–H and O–H groups in total. The molecule has 1 aromatic carbocycles. The van der Waals surface area contributed by atoms with Crippen molar-refractivity contribution in [3.8, 4) is 5.75 Å². The van der Waals surface area contributed by atoms with E-state index in [1.807, 2.05) is 13.8 Å². The number of carbonyl (C=O) groups excluding carboxylic acids is 1. The molecule has 0 saturated heterocycles. The Morgan fingerprint density at radius 2 is 2.12 bits per heavy atom. The Balaban J connectivity index is 2.82. The van der Waals surface area contributed by atoms with Gasteiger partial charge in [-0.05, 0) is 31.9 Å². The summed E-state index contributed by atoms with van der Waals surface area (Å²) >= 11 is 5.72. The molecule has 1 rings (SSSR count). The molecule has 0 bridgehead atoms. The van der Waals surface area contributed by atoms with Crippen LogP contribution in [0.4, 0.5) is 0 Å². The van der Waals surface area contributed by atoms with E-state index in [0.29, 0.717) is 17.9 Å². The van der Waals surface area contributed by atoms with Crippen LogP contribution in [0.5, 0.6) is 5.75 Å². The number of aromatic hydroxyl groups is 1.